The lowest BCUT2D eigenvalue weighted by molar-refractivity contribution is -0.136. The van der Waals surface area contributed by atoms with Crippen molar-refractivity contribution >= 4 is 40.9 Å². The van der Waals surface area contributed by atoms with Crippen molar-refractivity contribution in [3.05, 3.63) is 28.8 Å². The van der Waals surface area contributed by atoms with E-state index in [-0.39, 0.29) is 6.54 Å². The maximum Gasteiger partial charge on any atom is 0.313 e. The number of halogens is 1. The summed E-state index contributed by atoms with van der Waals surface area (Å²) in [5, 5.41) is 15.5. The maximum absolute atomic E-state index is 11.9. The number of carbonyl (C=O) groups excluding carboxylic acids is 2. The smallest absolute Gasteiger partial charge is 0.313 e. The fraction of sp³-hybridized carbons (Fsp3) is 0.467. The summed E-state index contributed by atoms with van der Waals surface area (Å²) in [5.74, 6) is -0.800. The summed E-state index contributed by atoms with van der Waals surface area (Å²) in [5.41, 5.74) is 0.143. The number of aliphatic hydroxyl groups is 1. The van der Waals surface area contributed by atoms with Gasteiger partial charge in [-0.05, 0) is 50.0 Å². The van der Waals surface area contributed by atoms with E-state index in [0.29, 0.717) is 22.7 Å². The molecule has 1 atom stereocenters. The standard InChI is InChI=1S/C15H21ClN2O3S/c1-10-11(16)5-4-6-12(10)18-14(20)13(19)17-9-15(2,21)7-8-22-3/h4-6,21H,7-9H2,1-3H3,(H,17,19)(H,18,20)/t15-/m1/s1. The number of hydrogen-bond acceptors (Lipinski definition) is 4. The van der Waals surface area contributed by atoms with Gasteiger partial charge in [0, 0.05) is 17.3 Å². The summed E-state index contributed by atoms with van der Waals surface area (Å²) < 4.78 is 0. The topological polar surface area (TPSA) is 78.4 Å². The number of carbonyl (C=O) groups is 2. The molecular formula is C15H21ClN2O3S. The third-order valence-corrected chi connectivity index (χ3v) is 4.22. The molecular weight excluding hydrogens is 324 g/mol. The van der Waals surface area contributed by atoms with E-state index in [1.807, 2.05) is 6.26 Å². The Kier molecular flexibility index (Phi) is 7.19. The van der Waals surface area contributed by atoms with Crippen LogP contribution in [0, 0.1) is 6.92 Å². The zero-order valence-electron chi connectivity index (χ0n) is 12.9. The molecule has 0 aliphatic rings. The third-order valence-electron chi connectivity index (χ3n) is 3.20. The number of anilines is 1. The normalized spacial score (nSPS) is 13.3. The number of rotatable bonds is 6. The molecule has 3 N–H and O–H groups in total. The average Bonchev–Trinajstić information content (AvgIpc) is 2.47. The fourth-order valence-electron chi connectivity index (χ4n) is 1.68. The van der Waals surface area contributed by atoms with Gasteiger partial charge in [0.2, 0.25) is 0 Å². The van der Waals surface area contributed by atoms with Gasteiger partial charge in [-0.15, -0.1) is 0 Å². The van der Waals surface area contributed by atoms with Crippen molar-refractivity contribution in [2.75, 3.05) is 23.9 Å². The average molecular weight is 345 g/mol. The van der Waals surface area contributed by atoms with Gasteiger partial charge in [0.15, 0.2) is 0 Å². The largest absolute Gasteiger partial charge is 0.388 e. The van der Waals surface area contributed by atoms with Crippen LogP contribution in [0.4, 0.5) is 5.69 Å². The first-order chi connectivity index (χ1) is 10.3. The Bertz CT molecular complexity index is 550. The van der Waals surface area contributed by atoms with Crippen LogP contribution in [0.2, 0.25) is 5.02 Å². The second-order valence-corrected chi connectivity index (χ2v) is 6.68. The Balaban J connectivity index is 2.55. The van der Waals surface area contributed by atoms with Gasteiger partial charge in [-0.25, -0.2) is 0 Å². The molecule has 2 amide bonds. The Morgan fingerprint density at radius 1 is 1.36 bits per heavy atom. The van der Waals surface area contributed by atoms with Crippen molar-refractivity contribution in [2.24, 2.45) is 0 Å². The predicted molar refractivity (Wildman–Crippen MR) is 91.5 cm³/mol. The Labute approximate surface area is 139 Å². The number of benzene rings is 1. The molecule has 122 valence electrons. The van der Waals surface area contributed by atoms with Gasteiger partial charge in [0.05, 0.1) is 5.60 Å². The molecule has 22 heavy (non-hydrogen) atoms. The van der Waals surface area contributed by atoms with Gasteiger partial charge in [-0.3, -0.25) is 9.59 Å². The molecule has 1 rings (SSSR count). The van der Waals surface area contributed by atoms with E-state index in [9.17, 15) is 14.7 Å². The van der Waals surface area contributed by atoms with E-state index >= 15 is 0 Å². The van der Waals surface area contributed by atoms with Crippen LogP contribution in [0.1, 0.15) is 18.9 Å². The minimum atomic E-state index is -1.04. The summed E-state index contributed by atoms with van der Waals surface area (Å²) >= 11 is 7.57. The zero-order valence-corrected chi connectivity index (χ0v) is 14.5. The molecule has 0 saturated heterocycles. The highest BCUT2D eigenvalue weighted by atomic mass is 35.5. The monoisotopic (exact) mass is 344 g/mol. The van der Waals surface area contributed by atoms with Gasteiger partial charge in [0.1, 0.15) is 0 Å². The minimum Gasteiger partial charge on any atom is -0.388 e. The van der Waals surface area contributed by atoms with Crippen LogP contribution in [-0.2, 0) is 9.59 Å². The van der Waals surface area contributed by atoms with E-state index in [2.05, 4.69) is 10.6 Å². The summed E-state index contributed by atoms with van der Waals surface area (Å²) in [6.45, 7) is 3.40. The molecule has 0 fully saturated rings. The number of amides is 2. The van der Waals surface area contributed by atoms with Gasteiger partial charge in [-0.2, -0.15) is 11.8 Å². The Hall–Kier alpha value is -1.24. The molecule has 0 aliphatic heterocycles. The highest BCUT2D eigenvalue weighted by molar-refractivity contribution is 7.98. The molecule has 0 saturated carbocycles. The number of thioether (sulfide) groups is 1. The molecule has 0 radical (unpaired) electrons. The van der Waals surface area contributed by atoms with Crippen molar-refractivity contribution in [3.63, 3.8) is 0 Å². The fourth-order valence-corrected chi connectivity index (χ4v) is 2.50. The molecule has 0 heterocycles. The Morgan fingerprint density at radius 2 is 2.05 bits per heavy atom. The molecule has 1 aromatic rings. The van der Waals surface area contributed by atoms with Crippen LogP contribution in [0.3, 0.4) is 0 Å². The quantitative estimate of drug-likeness (QED) is 0.691. The van der Waals surface area contributed by atoms with Crippen LogP contribution in [-0.4, -0.2) is 41.1 Å². The third kappa shape index (κ3) is 5.87. The molecule has 1 aromatic carbocycles. The van der Waals surface area contributed by atoms with Gasteiger partial charge < -0.3 is 15.7 Å². The second-order valence-electron chi connectivity index (χ2n) is 5.29. The predicted octanol–water partition coefficient (Wildman–Crippen LogP) is 2.21. The maximum atomic E-state index is 11.9. The molecule has 7 heteroatoms. The van der Waals surface area contributed by atoms with E-state index in [4.69, 9.17) is 11.6 Å². The van der Waals surface area contributed by atoms with Gasteiger partial charge >= 0.3 is 11.8 Å². The van der Waals surface area contributed by atoms with E-state index in [1.54, 1.807) is 43.8 Å². The number of nitrogens with one attached hydrogen (secondary N) is 2. The highest BCUT2D eigenvalue weighted by Gasteiger charge is 2.23. The SMILES string of the molecule is CSCC[C@@](C)(O)CNC(=O)C(=O)Nc1cccc(Cl)c1C. The van der Waals surface area contributed by atoms with E-state index in [1.165, 1.54) is 0 Å². The molecule has 0 spiro atoms. The first kappa shape index (κ1) is 18.8. The minimum absolute atomic E-state index is 0.0222. The van der Waals surface area contributed by atoms with Crippen molar-refractivity contribution in [2.45, 2.75) is 25.9 Å². The zero-order chi connectivity index (χ0) is 16.8. The molecule has 0 aliphatic carbocycles. The lowest BCUT2D eigenvalue weighted by Crippen LogP contribution is -2.45. The van der Waals surface area contributed by atoms with Crippen LogP contribution in [0.15, 0.2) is 18.2 Å². The molecule has 5 nitrogen and oxygen atoms in total. The van der Waals surface area contributed by atoms with Crippen molar-refractivity contribution < 1.29 is 14.7 Å². The van der Waals surface area contributed by atoms with Crippen LogP contribution >= 0.6 is 23.4 Å². The van der Waals surface area contributed by atoms with Crippen LogP contribution in [0.5, 0.6) is 0 Å². The lowest BCUT2D eigenvalue weighted by atomic mass is 10.0. The van der Waals surface area contributed by atoms with Crippen molar-refractivity contribution in [1.29, 1.82) is 0 Å². The molecule has 0 bridgehead atoms. The molecule has 0 unspecified atom stereocenters. The van der Waals surface area contributed by atoms with E-state index < -0.39 is 17.4 Å². The van der Waals surface area contributed by atoms with Crippen molar-refractivity contribution in [1.82, 2.24) is 5.32 Å². The number of hydrogen-bond donors (Lipinski definition) is 3. The van der Waals surface area contributed by atoms with Crippen molar-refractivity contribution in [3.8, 4) is 0 Å². The molecule has 0 aromatic heterocycles. The van der Waals surface area contributed by atoms with E-state index in [0.717, 1.165) is 5.75 Å². The lowest BCUT2D eigenvalue weighted by Gasteiger charge is -2.23. The van der Waals surface area contributed by atoms with Gasteiger partial charge in [0.25, 0.3) is 0 Å². The summed E-state index contributed by atoms with van der Waals surface area (Å²) in [7, 11) is 0. The summed E-state index contributed by atoms with van der Waals surface area (Å²) in [6, 6.07) is 5.06. The second kappa shape index (κ2) is 8.41. The van der Waals surface area contributed by atoms with Crippen LogP contribution in [0.25, 0.3) is 0 Å². The first-order valence-corrected chi connectivity index (χ1v) is 8.59. The highest BCUT2D eigenvalue weighted by Crippen LogP contribution is 2.22. The van der Waals surface area contributed by atoms with Crippen LogP contribution < -0.4 is 10.6 Å². The van der Waals surface area contributed by atoms with Gasteiger partial charge in [-0.1, -0.05) is 17.7 Å². The first-order valence-electron chi connectivity index (χ1n) is 6.82. The Morgan fingerprint density at radius 3 is 2.68 bits per heavy atom. The summed E-state index contributed by atoms with van der Waals surface area (Å²) in [6.07, 6.45) is 2.47. The summed E-state index contributed by atoms with van der Waals surface area (Å²) in [4.78, 5) is 23.6.